The van der Waals surface area contributed by atoms with Crippen LogP contribution in [-0.4, -0.2) is 60.4 Å². The molecule has 1 aromatic carbocycles. The molecule has 10 heteroatoms. The summed E-state index contributed by atoms with van der Waals surface area (Å²) >= 11 is 0. The second kappa shape index (κ2) is 9.23. The number of benzene rings is 1. The number of fused-ring (bicyclic) bond motifs is 3. The van der Waals surface area contributed by atoms with Crippen LogP contribution < -0.4 is 9.47 Å². The van der Waals surface area contributed by atoms with Crippen LogP contribution in [0.2, 0.25) is 0 Å². The summed E-state index contributed by atoms with van der Waals surface area (Å²) in [5.41, 5.74) is 1.63. The van der Waals surface area contributed by atoms with Crippen molar-refractivity contribution < 1.29 is 32.2 Å². The number of pyridine rings is 1. The molecule has 1 N–H and O–H groups in total. The minimum Gasteiger partial charge on any atom is -0.493 e. The van der Waals surface area contributed by atoms with E-state index in [4.69, 9.17) is 9.47 Å². The van der Waals surface area contributed by atoms with Crippen LogP contribution >= 0.6 is 0 Å². The second-order valence-electron chi connectivity index (χ2n) is 7.72. The second-order valence-corrected chi connectivity index (χ2v) is 7.72. The number of alkyl halides is 3. The highest BCUT2D eigenvalue weighted by Gasteiger charge is 2.40. The summed E-state index contributed by atoms with van der Waals surface area (Å²) in [5, 5.41) is 1.61. The van der Waals surface area contributed by atoms with Crippen LogP contribution in [0.4, 0.5) is 13.2 Å². The van der Waals surface area contributed by atoms with Gasteiger partial charge in [-0.2, -0.15) is 13.2 Å². The number of ether oxygens (including phenoxy) is 3. The van der Waals surface area contributed by atoms with Gasteiger partial charge in [-0.1, -0.05) is 0 Å². The van der Waals surface area contributed by atoms with Crippen molar-refractivity contribution in [2.45, 2.75) is 32.0 Å². The Balaban J connectivity index is 1.49. The Bertz CT molecular complexity index is 1110. The lowest BCUT2D eigenvalue weighted by atomic mass is 10.1. The summed E-state index contributed by atoms with van der Waals surface area (Å²) in [6.45, 7) is 3.29. The standard InChI is InChI=1S/C22H24F3N3O4/c1-30-19-10-15-16-12-26-14(13-32-21(29)22(23,24)25)9-17(16)27-18(15)11-20(19)31-8-4-7-28-5-2-3-6-28/h9-12,27H,2-8,13H2,1H3. The van der Waals surface area contributed by atoms with E-state index in [-0.39, 0.29) is 5.69 Å². The third-order valence-corrected chi connectivity index (χ3v) is 5.48. The van der Waals surface area contributed by atoms with Gasteiger partial charge in [-0.3, -0.25) is 4.98 Å². The summed E-state index contributed by atoms with van der Waals surface area (Å²) < 4.78 is 52.7. The van der Waals surface area contributed by atoms with Gasteiger partial charge in [-0.15, -0.1) is 0 Å². The third-order valence-electron chi connectivity index (χ3n) is 5.48. The summed E-state index contributed by atoms with van der Waals surface area (Å²) in [6.07, 6.45) is -0.0778. The van der Waals surface area contributed by atoms with Crippen LogP contribution in [0.25, 0.3) is 21.8 Å². The molecule has 0 bridgehead atoms. The third kappa shape index (κ3) is 4.90. The highest BCUT2D eigenvalue weighted by atomic mass is 19.4. The zero-order valence-electron chi connectivity index (χ0n) is 17.6. The molecule has 1 saturated heterocycles. The molecule has 2 aromatic heterocycles. The van der Waals surface area contributed by atoms with E-state index in [2.05, 4.69) is 19.6 Å². The number of rotatable bonds is 8. The number of nitrogens with zero attached hydrogens (tertiary/aromatic N) is 2. The molecule has 0 aliphatic carbocycles. The Kier molecular flexibility index (Phi) is 6.40. The van der Waals surface area contributed by atoms with Gasteiger partial charge in [0, 0.05) is 35.1 Å². The normalized spacial score (nSPS) is 14.9. The monoisotopic (exact) mass is 451 g/mol. The first-order valence-corrected chi connectivity index (χ1v) is 10.4. The van der Waals surface area contributed by atoms with Crippen molar-refractivity contribution in [2.24, 2.45) is 0 Å². The molecule has 0 spiro atoms. The number of hydrogen-bond donors (Lipinski definition) is 1. The molecule has 32 heavy (non-hydrogen) atoms. The smallest absolute Gasteiger partial charge is 0.490 e. The number of H-pyrrole nitrogens is 1. The maximum Gasteiger partial charge on any atom is 0.490 e. The van der Waals surface area contributed by atoms with E-state index in [9.17, 15) is 18.0 Å². The first-order valence-electron chi connectivity index (χ1n) is 10.4. The number of esters is 1. The fourth-order valence-corrected chi connectivity index (χ4v) is 3.90. The van der Waals surface area contributed by atoms with Crippen LogP contribution in [0.1, 0.15) is 25.0 Å². The van der Waals surface area contributed by atoms with Crippen molar-refractivity contribution in [3.8, 4) is 11.5 Å². The molecule has 172 valence electrons. The summed E-state index contributed by atoms with van der Waals surface area (Å²) in [5.74, 6) is -1.05. The van der Waals surface area contributed by atoms with Gasteiger partial charge < -0.3 is 24.1 Å². The molecule has 0 saturated carbocycles. The number of halogens is 3. The average molecular weight is 451 g/mol. The minimum absolute atomic E-state index is 0.201. The predicted molar refractivity (Wildman–Crippen MR) is 112 cm³/mol. The van der Waals surface area contributed by atoms with Gasteiger partial charge in [-0.25, -0.2) is 4.79 Å². The molecule has 4 rings (SSSR count). The minimum atomic E-state index is -5.04. The van der Waals surface area contributed by atoms with Gasteiger partial charge in [-0.05, 0) is 44.5 Å². The fourth-order valence-electron chi connectivity index (χ4n) is 3.90. The molecular formula is C22H24F3N3O4. The lowest BCUT2D eigenvalue weighted by Crippen LogP contribution is -2.25. The van der Waals surface area contributed by atoms with Crippen molar-refractivity contribution in [1.82, 2.24) is 14.9 Å². The quantitative estimate of drug-likeness (QED) is 0.409. The number of hydrogen-bond acceptors (Lipinski definition) is 6. The molecule has 3 aromatic rings. The van der Waals surface area contributed by atoms with Crippen LogP contribution in [0.5, 0.6) is 11.5 Å². The molecule has 0 atom stereocenters. The maximum absolute atomic E-state index is 12.3. The molecule has 1 aliphatic heterocycles. The number of methoxy groups -OCH3 is 1. The van der Waals surface area contributed by atoms with Gasteiger partial charge in [0.15, 0.2) is 11.5 Å². The van der Waals surface area contributed by atoms with E-state index in [0.717, 1.165) is 42.3 Å². The molecule has 0 unspecified atom stereocenters. The van der Waals surface area contributed by atoms with E-state index in [0.29, 0.717) is 23.6 Å². The zero-order valence-corrected chi connectivity index (χ0v) is 17.6. The van der Waals surface area contributed by atoms with Gasteiger partial charge in [0.25, 0.3) is 0 Å². The van der Waals surface area contributed by atoms with Gasteiger partial charge in [0.1, 0.15) is 6.61 Å². The van der Waals surface area contributed by atoms with Crippen LogP contribution in [0, 0.1) is 0 Å². The molecule has 0 amide bonds. The highest BCUT2D eigenvalue weighted by molar-refractivity contribution is 6.08. The van der Waals surface area contributed by atoms with Gasteiger partial charge in [0.2, 0.25) is 0 Å². The van der Waals surface area contributed by atoms with E-state index in [1.807, 2.05) is 12.1 Å². The Hall–Kier alpha value is -3.01. The number of carbonyl (C=O) groups is 1. The lowest BCUT2D eigenvalue weighted by molar-refractivity contribution is -0.201. The van der Waals surface area contributed by atoms with Crippen LogP contribution in [0.3, 0.4) is 0 Å². The molecule has 1 fully saturated rings. The first kappa shape index (κ1) is 22.2. The highest BCUT2D eigenvalue weighted by Crippen LogP contribution is 2.36. The fraction of sp³-hybridized carbons (Fsp3) is 0.455. The Labute approximate surface area is 182 Å². The van der Waals surface area contributed by atoms with E-state index in [1.165, 1.54) is 19.0 Å². The number of likely N-dealkylation sites (tertiary alicyclic amines) is 1. The van der Waals surface area contributed by atoms with Crippen molar-refractivity contribution >= 4 is 27.8 Å². The van der Waals surface area contributed by atoms with Crippen molar-refractivity contribution in [3.05, 3.63) is 30.1 Å². The molecule has 7 nitrogen and oxygen atoms in total. The van der Waals surface area contributed by atoms with Crippen LogP contribution in [-0.2, 0) is 16.1 Å². The molecule has 3 heterocycles. The number of aromatic amines is 1. The van der Waals surface area contributed by atoms with Gasteiger partial charge >= 0.3 is 12.1 Å². The Morgan fingerprint density at radius 2 is 1.88 bits per heavy atom. The molecular weight excluding hydrogens is 427 g/mol. The predicted octanol–water partition coefficient (Wildman–Crippen LogP) is 4.19. The molecule has 0 radical (unpaired) electrons. The summed E-state index contributed by atoms with van der Waals surface area (Å²) in [7, 11) is 1.57. The van der Waals surface area contributed by atoms with Crippen molar-refractivity contribution in [2.75, 3.05) is 33.4 Å². The summed E-state index contributed by atoms with van der Waals surface area (Å²) in [6, 6.07) is 5.24. The van der Waals surface area contributed by atoms with Crippen molar-refractivity contribution in [3.63, 3.8) is 0 Å². The van der Waals surface area contributed by atoms with Crippen LogP contribution in [0.15, 0.2) is 24.4 Å². The lowest BCUT2D eigenvalue weighted by Gasteiger charge is -2.15. The maximum atomic E-state index is 12.3. The van der Waals surface area contributed by atoms with E-state index in [1.54, 1.807) is 13.2 Å². The first-order chi connectivity index (χ1) is 15.3. The Morgan fingerprint density at radius 3 is 2.59 bits per heavy atom. The molecule has 1 aliphatic rings. The number of aromatic nitrogens is 2. The topological polar surface area (TPSA) is 76.7 Å². The Morgan fingerprint density at radius 1 is 1.12 bits per heavy atom. The SMILES string of the molecule is COc1cc2c(cc1OCCCN1CCCC1)[nH]c1cc(COC(=O)C(F)(F)F)ncc12. The largest absolute Gasteiger partial charge is 0.493 e. The number of carbonyl (C=O) groups excluding carboxylic acids is 1. The number of nitrogens with one attached hydrogen (secondary N) is 1. The summed E-state index contributed by atoms with van der Waals surface area (Å²) in [4.78, 5) is 20.7. The van der Waals surface area contributed by atoms with E-state index < -0.39 is 18.8 Å². The van der Waals surface area contributed by atoms with Crippen molar-refractivity contribution in [1.29, 1.82) is 0 Å². The average Bonchev–Trinajstić information content (AvgIpc) is 3.40. The zero-order chi connectivity index (χ0) is 22.7. The van der Waals surface area contributed by atoms with Gasteiger partial charge in [0.05, 0.1) is 24.9 Å². The van der Waals surface area contributed by atoms with E-state index >= 15 is 0 Å².